The molecule has 0 amide bonds. The molecule has 2 aromatic carbocycles. The number of fused-ring (bicyclic) bond motifs is 2. The van der Waals surface area contributed by atoms with Crippen molar-refractivity contribution in [3.8, 4) is 0 Å². The summed E-state index contributed by atoms with van der Waals surface area (Å²) in [5, 5.41) is 0. The van der Waals surface area contributed by atoms with Crippen molar-refractivity contribution in [2.24, 2.45) is 17.8 Å². The summed E-state index contributed by atoms with van der Waals surface area (Å²) < 4.78 is 6.61. The quantitative estimate of drug-likeness (QED) is 0.424. The second-order valence-electron chi connectivity index (χ2n) is 9.78. The molecule has 2 aliphatic carbocycles. The fourth-order valence-electron chi connectivity index (χ4n) is 5.36. The summed E-state index contributed by atoms with van der Waals surface area (Å²) in [5.74, 6) is 2.99. The van der Waals surface area contributed by atoms with Crippen molar-refractivity contribution in [1.82, 2.24) is 0 Å². The van der Waals surface area contributed by atoms with E-state index in [1.807, 2.05) is 0 Å². The molecule has 0 aliphatic heterocycles. The minimum absolute atomic E-state index is 0.287. The lowest BCUT2D eigenvalue weighted by atomic mass is 9.77. The molecule has 0 N–H and O–H groups in total. The molecule has 4 unspecified atom stereocenters. The highest BCUT2D eigenvalue weighted by Gasteiger charge is 2.28. The Hall–Kier alpha value is -2.28. The van der Waals surface area contributed by atoms with Gasteiger partial charge < -0.3 is 4.74 Å². The highest BCUT2D eigenvalue weighted by atomic mass is 16.5. The van der Waals surface area contributed by atoms with Gasteiger partial charge in [0.15, 0.2) is 0 Å². The number of hydrogen-bond acceptors (Lipinski definition) is 1. The Bertz CT molecular complexity index is 950. The molecule has 1 heteroatoms. The molecule has 0 saturated carbocycles. The number of ether oxygens (including phenoxy) is 1. The van der Waals surface area contributed by atoms with Gasteiger partial charge in [-0.15, -0.1) is 0 Å². The molecule has 4 rings (SSSR count). The summed E-state index contributed by atoms with van der Waals surface area (Å²) >= 11 is 0. The van der Waals surface area contributed by atoms with Crippen LogP contribution in [0, 0.1) is 17.8 Å². The van der Waals surface area contributed by atoms with Crippen molar-refractivity contribution in [3.05, 3.63) is 82.1 Å². The number of benzene rings is 2. The molecule has 31 heavy (non-hydrogen) atoms. The highest BCUT2D eigenvalue weighted by molar-refractivity contribution is 5.59. The molecule has 2 aromatic rings. The first-order valence-corrected chi connectivity index (χ1v) is 12.3. The third-order valence-electron chi connectivity index (χ3n) is 7.75. The van der Waals surface area contributed by atoms with Gasteiger partial charge in [0.1, 0.15) is 6.10 Å². The Kier molecular flexibility index (Phi) is 7.00. The molecular weight excluding hydrogens is 376 g/mol. The molecular formula is C30H38O. The normalized spacial score (nSPS) is 19.2. The fraction of sp³-hybridized carbons (Fsp3) is 0.467. The van der Waals surface area contributed by atoms with Crippen molar-refractivity contribution in [2.75, 3.05) is 0 Å². The van der Waals surface area contributed by atoms with Crippen LogP contribution in [0.2, 0.25) is 0 Å². The van der Waals surface area contributed by atoms with Crippen molar-refractivity contribution >= 4 is 12.2 Å². The molecule has 0 heterocycles. The average molecular weight is 415 g/mol. The summed E-state index contributed by atoms with van der Waals surface area (Å²) in [6.07, 6.45) is 11.8. The molecule has 164 valence electrons. The molecule has 0 radical (unpaired) electrons. The highest BCUT2D eigenvalue weighted by Crippen LogP contribution is 2.35. The van der Waals surface area contributed by atoms with Gasteiger partial charge in [-0.1, -0.05) is 87.9 Å². The third-order valence-corrected chi connectivity index (χ3v) is 7.75. The maximum atomic E-state index is 6.61. The van der Waals surface area contributed by atoms with E-state index in [0.29, 0.717) is 17.8 Å². The molecule has 0 bridgehead atoms. The summed E-state index contributed by atoms with van der Waals surface area (Å²) in [5.41, 5.74) is 7.32. The van der Waals surface area contributed by atoms with Gasteiger partial charge in [-0.05, 0) is 78.2 Å². The van der Waals surface area contributed by atoms with Crippen LogP contribution in [0.3, 0.4) is 0 Å². The van der Waals surface area contributed by atoms with Gasteiger partial charge in [-0.25, -0.2) is 0 Å². The average Bonchev–Trinajstić information content (AvgIpc) is 2.81. The first-order valence-electron chi connectivity index (χ1n) is 12.3. The van der Waals surface area contributed by atoms with Gasteiger partial charge in [0, 0.05) is 6.42 Å². The molecule has 0 spiro atoms. The number of allylic oxidation sites excluding steroid dienone is 2. The second kappa shape index (κ2) is 9.90. The van der Waals surface area contributed by atoms with Crippen molar-refractivity contribution < 1.29 is 4.74 Å². The van der Waals surface area contributed by atoms with Gasteiger partial charge in [-0.2, -0.15) is 0 Å². The fourth-order valence-corrected chi connectivity index (χ4v) is 5.36. The van der Waals surface area contributed by atoms with E-state index in [4.69, 9.17) is 4.74 Å². The lowest BCUT2D eigenvalue weighted by Crippen LogP contribution is -2.30. The van der Waals surface area contributed by atoms with E-state index in [1.54, 1.807) is 5.57 Å². The molecule has 2 aliphatic rings. The van der Waals surface area contributed by atoms with E-state index in [-0.39, 0.29) is 6.10 Å². The molecule has 0 saturated heterocycles. The van der Waals surface area contributed by atoms with Crippen LogP contribution in [-0.2, 0) is 17.6 Å². The summed E-state index contributed by atoms with van der Waals surface area (Å²) in [6, 6.07) is 17.6. The SMILES string of the molecule is CCC(OC1=Cc2ccccc2CC1)C(C)C(C)C(C)CC1=Cc2ccccc2CC1. The van der Waals surface area contributed by atoms with Gasteiger partial charge in [0.2, 0.25) is 0 Å². The number of rotatable bonds is 8. The largest absolute Gasteiger partial charge is 0.494 e. The zero-order valence-electron chi connectivity index (χ0n) is 19.7. The Morgan fingerprint density at radius 2 is 1.35 bits per heavy atom. The maximum Gasteiger partial charge on any atom is 0.101 e. The van der Waals surface area contributed by atoms with Crippen LogP contribution in [0.25, 0.3) is 12.2 Å². The van der Waals surface area contributed by atoms with Crippen LogP contribution in [-0.4, -0.2) is 6.10 Å². The predicted molar refractivity (Wildman–Crippen MR) is 133 cm³/mol. The van der Waals surface area contributed by atoms with E-state index in [1.165, 1.54) is 47.3 Å². The lowest BCUT2D eigenvalue weighted by molar-refractivity contribution is 0.0311. The zero-order valence-corrected chi connectivity index (χ0v) is 19.7. The third kappa shape index (κ3) is 5.14. The van der Waals surface area contributed by atoms with E-state index in [0.717, 1.165) is 19.3 Å². The smallest absolute Gasteiger partial charge is 0.101 e. The van der Waals surface area contributed by atoms with Crippen LogP contribution in [0.4, 0.5) is 0 Å². The van der Waals surface area contributed by atoms with Gasteiger partial charge in [-0.3, -0.25) is 0 Å². The Morgan fingerprint density at radius 1 is 0.742 bits per heavy atom. The lowest BCUT2D eigenvalue weighted by Gasteiger charge is -2.34. The molecule has 4 atom stereocenters. The summed E-state index contributed by atoms with van der Waals surface area (Å²) in [4.78, 5) is 0. The monoisotopic (exact) mass is 414 g/mol. The number of hydrogen-bond donors (Lipinski definition) is 0. The first-order chi connectivity index (χ1) is 15.0. The van der Waals surface area contributed by atoms with Crippen LogP contribution in [0.15, 0.2) is 59.9 Å². The molecule has 0 aromatic heterocycles. The Morgan fingerprint density at radius 3 is 2.03 bits per heavy atom. The van der Waals surface area contributed by atoms with Crippen LogP contribution >= 0.6 is 0 Å². The van der Waals surface area contributed by atoms with Gasteiger partial charge >= 0.3 is 0 Å². The van der Waals surface area contributed by atoms with E-state index >= 15 is 0 Å². The number of aryl methyl sites for hydroxylation is 2. The predicted octanol–water partition coefficient (Wildman–Crippen LogP) is 8.10. The van der Waals surface area contributed by atoms with Crippen molar-refractivity contribution in [1.29, 1.82) is 0 Å². The second-order valence-corrected chi connectivity index (χ2v) is 9.78. The van der Waals surface area contributed by atoms with Crippen LogP contribution < -0.4 is 0 Å². The maximum absolute atomic E-state index is 6.61. The first kappa shape index (κ1) is 21.9. The Labute approximate surface area is 189 Å². The Balaban J connectivity index is 1.39. The van der Waals surface area contributed by atoms with Gasteiger partial charge in [0.05, 0.1) is 5.76 Å². The van der Waals surface area contributed by atoms with Crippen molar-refractivity contribution in [3.63, 3.8) is 0 Å². The van der Waals surface area contributed by atoms with E-state index < -0.39 is 0 Å². The van der Waals surface area contributed by atoms with Gasteiger partial charge in [0.25, 0.3) is 0 Å². The van der Waals surface area contributed by atoms with Crippen LogP contribution in [0.5, 0.6) is 0 Å². The van der Waals surface area contributed by atoms with Crippen molar-refractivity contribution in [2.45, 2.75) is 72.3 Å². The molecule has 0 fully saturated rings. The zero-order chi connectivity index (χ0) is 21.8. The minimum atomic E-state index is 0.287. The summed E-state index contributed by atoms with van der Waals surface area (Å²) in [7, 11) is 0. The van der Waals surface area contributed by atoms with E-state index in [9.17, 15) is 0 Å². The van der Waals surface area contributed by atoms with Crippen LogP contribution in [0.1, 0.15) is 75.6 Å². The minimum Gasteiger partial charge on any atom is -0.494 e. The van der Waals surface area contributed by atoms with E-state index in [2.05, 4.69) is 88.4 Å². The standard InChI is InChI=1S/C30H38O/c1-5-30(31-29-17-16-26-11-7-9-13-28(26)20-29)23(4)22(3)21(2)18-24-14-15-25-10-6-8-12-27(25)19-24/h6-13,19-23,30H,5,14-18H2,1-4H3. The molecule has 1 nitrogen and oxygen atoms in total. The topological polar surface area (TPSA) is 9.23 Å². The summed E-state index contributed by atoms with van der Waals surface area (Å²) in [6.45, 7) is 9.54.